The predicted octanol–water partition coefficient (Wildman–Crippen LogP) is 2.54. The Balaban J connectivity index is 1.59. The third-order valence-electron chi connectivity index (χ3n) is 5.51. The molecule has 2 atom stereocenters. The minimum Gasteiger partial charge on any atom is -0.489 e. The summed E-state index contributed by atoms with van der Waals surface area (Å²) in [6.45, 7) is 8.61. The molecule has 9 heteroatoms. The van der Waals surface area contributed by atoms with Crippen LogP contribution in [0.25, 0.3) is 0 Å². The van der Waals surface area contributed by atoms with Gasteiger partial charge in [0.05, 0.1) is 23.4 Å². The summed E-state index contributed by atoms with van der Waals surface area (Å²) >= 11 is 0. The second-order valence-corrected chi connectivity index (χ2v) is 8.46. The number of amides is 3. The number of aromatic nitrogens is 1. The third-order valence-corrected chi connectivity index (χ3v) is 5.51. The van der Waals surface area contributed by atoms with Gasteiger partial charge in [-0.1, -0.05) is 5.16 Å². The Kier molecular flexibility index (Phi) is 7.74. The van der Waals surface area contributed by atoms with E-state index in [0.717, 1.165) is 17.0 Å². The fourth-order valence-electron chi connectivity index (χ4n) is 3.63. The van der Waals surface area contributed by atoms with Gasteiger partial charge >= 0.3 is 6.03 Å². The van der Waals surface area contributed by atoms with E-state index < -0.39 is 12.1 Å². The van der Waals surface area contributed by atoms with Crippen molar-refractivity contribution in [1.82, 2.24) is 20.7 Å². The van der Waals surface area contributed by atoms with E-state index in [2.05, 4.69) is 15.8 Å². The number of urea groups is 1. The Labute approximate surface area is 188 Å². The van der Waals surface area contributed by atoms with Gasteiger partial charge in [-0.25, -0.2) is 4.79 Å². The molecule has 3 amide bonds. The number of aliphatic hydroxyl groups excluding tert-OH is 1. The van der Waals surface area contributed by atoms with E-state index in [0.29, 0.717) is 37.3 Å². The van der Waals surface area contributed by atoms with Gasteiger partial charge in [0, 0.05) is 24.7 Å². The lowest BCUT2D eigenvalue weighted by atomic mass is 10.1. The Bertz CT molecular complexity index is 905. The molecule has 1 aromatic carbocycles. The fraction of sp³-hybridized carbons (Fsp3) is 0.522. The van der Waals surface area contributed by atoms with Crippen molar-refractivity contribution in [2.24, 2.45) is 0 Å². The number of carbonyl (C=O) groups is 2. The second-order valence-electron chi connectivity index (χ2n) is 8.46. The van der Waals surface area contributed by atoms with E-state index in [-0.39, 0.29) is 24.5 Å². The van der Waals surface area contributed by atoms with Gasteiger partial charge in [-0.2, -0.15) is 0 Å². The molecule has 0 spiro atoms. The van der Waals surface area contributed by atoms with Crippen molar-refractivity contribution >= 4 is 11.9 Å². The minimum atomic E-state index is -0.714. The number of ether oxygens (including phenoxy) is 1. The lowest BCUT2D eigenvalue weighted by Crippen LogP contribution is -2.52. The number of nitrogens with zero attached hydrogens (tertiary/aromatic N) is 2. The zero-order valence-electron chi connectivity index (χ0n) is 19.1. The van der Waals surface area contributed by atoms with E-state index >= 15 is 0 Å². The van der Waals surface area contributed by atoms with Gasteiger partial charge in [0.1, 0.15) is 18.1 Å². The van der Waals surface area contributed by atoms with E-state index in [4.69, 9.17) is 9.26 Å². The van der Waals surface area contributed by atoms with Crippen molar-refractivity contribution in [2.75, 3.05) is 13.1 Å². The molecular weight excluding hydrogens is 412 g/mol. The Morgan fingerprint density at radius 3 is 2.62 bits per heavy atom. The normalized spacial score (nSPS) is 18.9. The first-order valence-corrected chi connectivity index (χ1v) is 10.9. The number of benzene rings is 1. The molecule has 1 saturated heterocycles. The van der Waals surface area contributed by atoms with Crippen LogP contribution in [0.3, 0.4) is 0 Å². The number of carbonyl (C=O) groups excluding carboxylic acids is 2. The molecule has 1 fully saturated rings. The summed E-state index contributed by atoms with van der Waals surface area (Å²) in [5, 5.41) is 20.1. The highest BCUT2D eigenvalue weighted by atomic mass is 16.5. The standard InChI is InChI=1S/C23H32N4O5/c1-14(2)24-23(30)27-11-5-6-21(28)20(12-27)25-22(29)17-7-9-18(10-8-17)31-13-19-15(3)26-32-16(19)4/h7-10,14,20-21,28H,5-6,11-13H2,1-4H3,(H,24,30)(H,25,29)/t20-,21+/m0/s1. The SMILES string of the molecule is Cc1noc(C)c1COc1ccc(C(=O)N[C@H]2CN(C(=O)NC(C)C)CCC[C@H]2O)cc1. The maximum atomic E-state index is 12.8. The van der Waals surface area contributed by atoms with Crippen molar-refractivity contribution in [3.63, 3.8) is 0 Å². The van der Waals surface area contributed by atoms with Gasteiger partial charge in [0.2, 0.25) is 0 Å². The smallest absolute Gasteiger partial charge is 0.317 e. The van der Waals surface area contributed by atoms with Crippen LogP contribution in [-0.2, 0) is 6.61 Å². The van der Waals surface area contributed by atoms with Crippen LogP contribution in [0.15, 0.2) is 28.8 Å². The lowest BCUT2D eigenvalue weighted by molar-refractivity contribution is 0.0808. The largest absolute Gasteiger partial charge is 0.489 e. The molecule has 32 heavy (non-hydrogen) atoms. The first-order chi connectivity index (χ1) is 15.2. The maximum Gasteiger partial charge on any atom is 0.317 e. The van der Waals surface area contributed by atoms with Crippen LogP contribution in [0, 0.1) is 13.8 Å². The van der Waals surface area contributed by atoms with Crippen LogP contribution in [0.2, 0.25) is 0 Å². The summed E-state index contributed by atoms with van der Waals surface area (Å²) in [5.74, 6) is 1.03. The van der Waals surface area contributed by atoms with Crippen molar-refractivity contribution in [2.45, 2.75) is 65.3 Å². The number of aryl methyl sites for hydroxylation is 2. The van der Waals surface area contributed by atoms with E-state index in [9.17, 15) is 14.7 Å². The van der Waals surface area contributed by atoms with E-state index in [1.54, 1.807) is 29.2 Å². The van der Waals surface area contributed by atoms with Gasteiger partial charge in [0.25, 0.3) is 5.91 Å². The molecular formula is C23H32N4O5. The summed E-state index contributed by atoms with van der Waals surface area (Å²) in [4.78, 5) is 26.8. The molecule has 0 radical (unpaired) electrons. The topological polar surface area (TPSA) is 117 Å². The molecule has 0 bridgehead atoms. The second kappa shape index (κ2) is 10.5. The minimum absolute atomic E-state index is 0.0158. The first-order valence-electron chi connectivity index (χ1n) is 10.9. The van der Waals surface area contributed by atoms with Crippen LogP contribution < -0.4 is 15.4 Å². The molecule has 9 nitrogen and oxygen atoms in total. The van der Waals surface area contributed by atoms with E-state index in [1.165, 1.54) is 0 Å². The van der Waals surface area contributed by atoms with Crippen LogP contribution in [-0.4, -0.2) is 58.4 Å². The third kappa shape index (κ3) is 6.00. The molecule has 1 aliphatic rings. The molecule has 1 aliphatic heterocycles. The van der Waals surface area contributed by atoms with Crippen molar-refractivity contribution < 1.29 is 24.0 Å². The summed E-state index contributed by atoms with van der Waals surface area (Å²) in [6.07, 6.45) is 0.481. The molecule has 0 unspecified atom stereocenters. The number of nitrogens with one attached hydrogen (secondary N) is 2. The highest BCUT2D eigenvalue weighted by molar-refractivity contribution is 5.94. The molecule has 0 saturated carbocycles. The average Bonchev–Trinajstić information content (AvgIpc) is 2.95. The zero-order valence-corrected chi connectivity index (χ0v) is 19.1. The van der Waals surface area contributed by atoms with Crippen LogP contribution in [0.1, 0.15) is 54.1 Å². The first kappa shape index (κ1) is 23.6. The number of likely N-dealkylation sites (tertiary alicyclic amines) is 1. The van der Waals surface area contributed by atoms with Crippen LogP contribution >= 0.6 is 0 Å². The van der Waals surface area contributed by atoms with E-state index in [1.807, 2.05) is 27.7 Å². The van der Waals surface area contributed by atoms with Crippen molar-refractivity contribution in [3.05, 3.63) is 46.8 Å². The zero-order chi connectivity index (χ0) is 23.3. The van der Waals surface area contributed by atoms with Gasteiger partial charge in [-0.15, -0.1) is 0 Å². The van der Waals surface area contributed by atoms with Gasteiger partial charge in [0.15, 0.2) is 0 Å². The summed E-state index contributed by atoms with van der Waals surface area (Å²) in [5.41, 5.74) is 2.14. The van der Waals surface area contributed by atoms with Crippen molar-refractivity contribution in [1.29, 1.82) is 0 Å². The van der Waals surface area contributed by atoms with Gasteiger partial charge < -0.3 is 29.9 Å². The molecule has 174 valence electrons. The summed E-state index contributed by atoms with van der Waals surface area (Å²) in [6, 6.07) is 6.07. The van der Waals surface area contributed by atoms with Crippen molar-refractivity contribution in [3.8, 4) is 5.75 Å². The molecule has 3 N–H and O–H groups in total. The predicted molar refractivity (Wildman–Crippen MR) is 118 cm³/mol. The highest BCUT2D eigenvalue weighted by Crippen LogP contribution is 2.19. The van der Waals surface area contributed by atoms with Gasteiger partial charge in [-0.3, -0.25) is 4.79 Å². The summed E-state index contributed by atoms with van der Waals surface area (Å²) < 4.78 is 10.9. The molecule has 3 rings (SSSR count). The molecule has 2 aromatic rings. The molecule has 1 aromatic heterocycles. The number of hydrogen-bond acceptors (Lipinski definition) is 6. The van der Waals surface area contributed by atoms with Crippen LogP contribution in [0.4, 0.5) is 4.79 Å². The highest BCUT2D eigenvalue weighted by Gasteiger charge is 2.29. The summed E-state index contributed by atoms with van der Waals surface area (Å²) in [7, 11) is 0. The van der Waals surface area contributed by atoms with Crippen LogP contribution in [0.5, 0.6) is 5.75 Å². The lowest BCUT2D eigenvalue weighted by Gasteiger charge is -2.28. The van der Waals surface area contributed by atoms with Gasteiger partial charge in [-0.05, 0) is 64.8 Å². The average molecular weight is 445 g/mol. The Morgan fingerprint density at radius 1 is 1.28 bits per heavy atom. The Hall–Kier alpha value is -3.07. The number of aliphatic hydroxyl groups is 1. The molecule has 2 heterocycles. The quantitative estimate of drug-likeness (QED) is 0.630. The molecule has 0 aliphatic carbocycles. The fourth-order valence-corrected chi connectivity index (χ4v) is 3.63. The number of rotatable bonds is 6. The monoisotopic (exact) mass is 444 g/mol. The maximum absolute atomic E-state index is 12.8. The Morgan fingerprint density at radius 2 is 2.00 bits per heavy atom. The number of hydrogen-bond donors (Lipinski definition) is 3.